The summed E-state index contributed by atoms with van der Waals surface area (Å²) in [5, 5.41) is 7.89. The van der Waals surface area contributed by atoms with E-state index in [1.165, 1.54) is 31.2 Å². The van der Waals surface area contributed by atoms with E-state index in [1.807, 2.05) is 16.8 Å². The summed E-state index contributed by atoms with van der Waals surface area (Å²) in [5.41, 5.74) is 2.11. The fraction of sp³-hybridized carbons (Fsp3) is 0.600. The quantitative estimate of drug-likeness (QED) is 0.918. The number of fused-ring (bicyclic) bond motifs is 1. The van der Waals surface area contributed by atoms with E-state index in [0.29, 0.717) is 0 Å². The zero-order chi connectivity index (χ0) is 13.2. The molecule has 2 aromatic heterocycles. The SMILES string of the molecule is Cc1ccc2nc(NCC3CCCCC3C)nn2c1. The second-order valence-electron chi connectivity index (χ2n) is 5.85. The molecule has 0 spiro atoms. The normalized spacial score (nSPS) is 23.7. The van der Waals surface area contributed by atoms with Crippen molar-refractivity contribution in [2.75, 3.05) is 11.9 Å². The van der Waals surface area contributed by atoms with Crippen molar-refractivity contribution >= 4 is 11.6 Å². The van der Waals surface area contributed by atoms with Gasteiger partial charge in [-0.15, -0.1) is 5.10 Å². The number of aryl methyl sites for hydroxylation is 1. The first kappa shape index (κ1) is 12.5. The molecule has 1 saturated carbocycles. The lowest BCUT2D eigenvalue weighted by Gasteiger charge is -2.28. The molecule has 1 N–H and O–H groups in total. The van der Waals surface area contributed by atoms with Gasteiger partial charge in [-0.05, 0) is 36.8 Å². The predicted molar refractivity (Wildman–Crippen MR) is 77.3 cm³/mol. The van der Waals surface area contributed by atoms with Crippen molar-refractivity contribution in [1.29, 1.82) is 0 Å². The van der Waals surface area contributed by atoms with E-state index >= 15 is 0 Å². The molecule has 2 heterocycles. The maximum atomic E-state index is 4.50. The van der Waals surface area contributed by atoms with Gasteiger partial charge in [-0.2, -0.15) is 4.98 Å². The van der Waals surface area contributed by atoms with Gasteiger partial charge in [-0.1, -0.05) is 32.3 Å². The van der Waals surface area contributed by atoms with Gasteiger partial charge >= 0.3 is 0 Å². The van der Waals surface area contributed by atoms with Crippen molar-refractivity contribution in [2.45, 2.75) is 39.5 Å². The summed E-state index contributed by atoms with van der Waals surface area (Å²) in [4.78, 5) is 4.50. The number of hydrogen-bond acceptors (Lipinski definition) is 3. The minimum absolute atomic E-state index is 0.753. The molecule has 1 aliphatic rings. The third-order valence-electron chi connectivity index (χ3n) is 4.29. The molecule has 0 aliphatic heterocycles. The van der Waals surface area contributed by atoms with Crippen LogP contribution in [0.1, 0.15) is 38.2 Å². The summed E-state index contributed by atoms with van der Waals surface area (Å²) >= 11 is 0. The highest BCUT2D eigenvalue weighted by atomic mass is 15.3. The van der Waals surface area contributed by atoms with E-state index in [-0.39, 0.29) is 0 Å². The second-order valence-corrected chi connectivity index (χ2v) is 5.85. The first-order valence-electron chi connectivity index (χ1n) is 7.29. The van der Waals surface area contributed by atoms with E-state index in [0.717, 1.165) is 30.0 Å². The molecule has 3 rings (SSSR count). The molecule has 2 unspecified atom stereocenters. The molecule has 4 heteroatoms. The Morgan fingerprint density at radius 1 is 1.32 bits per heavy atom. The van der Waals surface area contributed by atoms with E-state index in [9.17, 15) is 0 Å². The van der Waals surface area contributed by atoms with Gasteiger partial charge in [0.2, 0.25) is 5.95 Å². The van der Waals surface area contributed by atoms with Crippen LogP contribution in [0.5, 0.6) is 0 Å². The number of rotatable bonds is 3. The van der Waals surface area contributed by atoms with Gasteiger partial charge in [0.25, 0.3) is 0 Å². The molecular weight excluding hydrogens is 236 g/mol. The number of aromatic nitrogens is 3. The summed E-state index contributed by atoms with van der Waals surface area (Å²) in [5.74, 6) is 2.34. The molecule has 0 radical (unpaired) electrons. The lowest BCUT2D eigenvalue weighted by atomic mass is 9.80. The Morgan fingerprint density at radius 3 is 3.00 bits per heavy atom. The molecule has 1 aliphatic carbocycles. The fourth-order valence-electron chi connectivity index (χ4n) is 2.98. The van der Waals surface area contributed by atoms with Gasteiger partial charge in [-0.3, -0.25) is 0 Å². The van der Waals surface area contributed by atoms with E-state index < -0.39 is 0 Å². The predicted octanol–water partition coefficient (Wildman–Crippen LogP) is 3.28. The average molecular weight is 258 g/mol. The van der Waals surface area contributed by atoms with Crippen LogP contribution in [0.4, 0.5) is 5.95 Å². The highest BCUT2D eigenvalue weighted by Crippen LogP contribution is 2.29. The van der Waals surface area contributed by atoms with Crippen molar-refractivity contribution < 1.29 is 0 Å². The van der Waals surface area contributed by atoms with Crippen LogP contribution in [-0.4, -0.2) is 21.1 Å². The Labute approximate surface area is 114 Å². The number of nitrogens with zero attached hydrogens (tertiary/aromatic N) is 3. The van der Waals surface area contributed by atoms with Crippen LogP contribution in [0.25, 0.3) is 5.65 Å². The average Bonchev–Trinajstić information content (AvgIpc) is 2.79. The number of nitrogens with one attached hydrogen (secondary N) is 1. The number of anilines is 1. The van der Waals surface area contributed by atoms with E-state index in [2.05, 4.69) is 35.3 Å². The van der Waals surface area contributed by atoms with Crippen LogP contribution in [-0.2, 0) is 0 Å². The van der Waals surface area contributed by atoms with Crippen LogP contribution >= 0.6 is 0 Å². The van der Waals surface area contributed by atoms with Crippen molar-refractivity contribution in [2.24, 2.45) is 11.8 Å². The van der Waals surface area contributed by atoms with Crippen LogP contribution in [0.3, 0.4) is 0 Å². The molecule has 2 atom stereocenters. The molecule has 19 heavy (non-hydrogen) atoms. The van der Waals surface area contributed by atoms with Gasteiger partial charge < -0.3 is 5.32 Å². The summed E-state index contributed by atoms with van der Waals surface area (Å²) in [6.07, 6.45) is 7.47. The first-order valence-corrected chi connectivity index (χ1v) is 7.29. The smallest absolute Gasteiger partial charge is 0.243 e. The zero-order valence-electron chi connectivity index (χ0n) is 11.8. The Balaban J connectivity index is 1.68. The Kier molecular flexibility index (Phi) is 3.40. The molecule has 0 bridgehead atoms. The molecular formula is C15H22N4. The molecule has 102 valence electrons. The third kappa shape index (κ3) is 2.72. The summed E-state index contributed by atoms with van der Waals surface area (Å²) in [6, 6.07) is 4.08. The molecule has 2 aromatic rings. The fourth-order valence-corrected chi connectivity index (χ4v) is 2.98. The maximum Gasteiger partial charge on any atom is 0.243 e. The van der Waals surface area contributed by atoms with Gasteiger partial charge in [0.1, 0.15) is 0 Å². The van der Waals surface area contributed by atoms with Crippen molar-refractivity contribution in [3.8, 4) is 0 Å². The van der Waals surface area contributed by atoms with Crippen LogP contribution < -0.4 is 5.32 Å². The standard InChI is InChI=1S/C15H22N4/c1-11-7-8-14-17-15(18-19(14)10-11)16-9-13-6-4-3-5-12(13)2/h7-8,10,12-13H,3-6,9H2,1-2H3,(H,16,18). The number of hydrogen-bond donors (Lipinski definition) is 1. The Hall–Kier alpha value is -1.58. The zero-order valence-corrected chi connectivity index (χ0v) is 11.8. The van der Waals surface area contributed by atoms with Crippen molar-refractivity contribution in [1.82, 2.24) is 14.6 Å². The van der Waals surface area contributed by atoms with Crippen molar-refractivity contribution in [3.05, 3.63) is 23.9 Å². The summed E-state index contributed by atoms with van der Waals surface area (Å²) in [7, 11) is 0. The number of pyridine rings is 1. The van der Waals surface area contributed by atoms with Gasteiger partial charge in [0, 0.05) is 12.7 Å². The topological polar surface area (TPSA) is 42.2 Å². The monoisotopic (exact) mass is 258 g/mol. The van der Waals surface area contributed by atoms with Crippen molar-refractivity contribution in [3.63, 3.8) is 0 Å². The minimum atomic E-state index is 0.753. The molecule has 0 amide bonds. The molecule has 4 nitrogen and oxygen atoms in total. The second kappa shape index (κ2) is 5.19. The van der Waals surface area contributed by atoms with Gasteiger partial charge in [0.15, 0.2) is 5.65 Å². The lowest BCUT2D eigenvalue weighted by molar-refractivity contribution is 0.268. The summed E-state index contributed by atoms with van der Waals surface area (Å²) < 4.78 is 1.85. The molecule has 0 saturated heterocycles. The largest absolute Gasteiger partial charge is 0.353 e. The van der Waals surface area contributed by atoms with Gasteiger partial charge in [0.05, 0.1) is 0 Å². The van der Waals surface area contributed by atoms with E-state index in [1.54, 1.807) is 0 Å². The lowest BCUT2D eigenvalue weighted by Crippen LogP contribution is -2.24. The molecule has 0 aromatic carbocycles. The minimum Gasteiger partial charge on any atom is -0.353 e. The van der Waals surface area contributed by atoms with Crippen LogP contribution in [0.2, 0.25) is 0 Å². The highest BCUT2D eigenvalue weighted by molar-refractivity contribution is 5.44. The Bertz CT molecular complexity index is 560. The molecule has 1 fully saturated rings. The van der Waals surface area contributed by atoms with Gasteiger partial charge in [-0.25, -0.2) is 4.52 Å². The summed E-state index contributed by atoms with van der Waals surface area (Å²) in [6.45, 7) is 5.43. The first-order chi connectivity index (χ1) is 9.22. The highest BCUT2D eigenvalue weighted by Gasteiger charge is 2.21. The maximum absolute atomic E-state index is 4.50. The Morgan fingerprint density at radius 2 is 2.16 bits per heavy atom. The van der Waals surface area contributed by atoms with Crippen LogP contribution in [0, 0.1) is 18.8 Å². The third-order valence-corrected chi connectivity index (χ3v) is 4.29. The van der Waals surface area contributed by atoms with Crippen LogP contribution in [0.15, 0.2) is 18.3 Å². The van der Waals surface area contributed by atoms with E-state index in [4.69, 9.17) is 0 Å².